The second kappa shape index (κ2) is 9.67. The van der Waals surface area contributed by atoms with Gasteiger partial charge in [-0.1, -0.05) is 121 Å². The van der Waals surface area contributed by atoms with E-state index in [1.165, 1.54) is 11.8 Å². The Kier molecular flexibility index (Phi) is 6.54. The van der Waals surface area contributed by atoms with E-state index < -0.39 is 16.0 Å². The molecule has 0 aliphatic carbocycles. The molecule has 0 fully saturated rings. The summed E-state index contributed by atoms with van der Waals surface area (Å²) in [6.07, 6.45) is 0.453. The fourth-order valence-corrected chi connectivity index (χ4v) is 5.56. The monoisotopic (exact) mass is 424 g/mol. The van der Waals surface area contributed by atoms with Gasteiger partial charge in [0.1, 0.15) is 5.25 Å². The molecule has 0 bridgehead atoms. The Balaban J connectivity index is 1.90. The van der Waals surface area contributed by atoms with Crippen molar-refractivity contribution < 1.29 is 9.90 Å². The molecule has 0 aliphatic rings. The van der Waals surface area contributed by atoms with Gasteiger partial charge < -0.3 is 5.11 Å². The van der Waals surface area contributed by atoms with E-state index in [9.17, 15) is 9.90 Å². The normalized spacial score (nSPS) is 12.3. The van der Waals surface area contributed by atoms with Crippen molar-refractivity contribution in [3.8, 4) is 0 Å². The van der Waals surface area contributed by atoms with Crippen molar-refractivity contribution in [2.45, 2.75) is 16.4 Å². The number of carbonyl (C=O) groups is 1. The summed E-state index contributed by atoms with van der Waals surface area (Å²) in [6, 6.07) is 40.5. The number of benzene rings is 4. The number of thioether (sulfide) groups is 1. The lowest BCUT2D eigenvalue weighted by Gasteiger charge is -2.37. The van der Waals surface area contributed by atoms with E-state index in [-0.39, 0.29) is 0 Å². The average molecular weight is 425 g/mol. The van der Waals surface area contributed by atoms with Crippen LogP contribution in [-0.4, -0.2) is 16.3 Å². The molecule has 0 radical (unpaired) electrons. The van der Waals surface area contributed by atoms with E-state index in [0.29, 0.717) is 6.42 Å². The van der Waals surface area contributed by atoms with Gasteiger partial charge in [0, 0.05) is 0 Å². The van der Waals surface area contributed by atoms with Crippen molar-refractivity contribution in [1.82, 2.24) is 0 Å². The summed E-state index contributed by atoms with van der Waals surface area (Å²) in [5.74, 6) is -0.805. The molecule has 4 aromatic rings. The highest BCUT2D eigenvalue weighted by atomic mass is 32.2. The first-order valence-electron chi connectivity index (χ1n) is 10.3. The lowest BCUT2D eigenvalue weighted by molar-refractivity contribution is -0.136. The minimum absolute atomic E-state index is 0.453. The quantitative estimate of drug-likeness (QED) is 0.332. The summed E-state index contributed by atoms with van der Waals surface area (Å²) >= 11 is 1.50. The van der Waals surface area contributed by atoms with Crippen LogP contribution in [0.25, 0.3) is 0 Å². The summed E-state index contributed by atoms with van der Waals surface area (Å²) in [4.78, 5) is 12.5. The van der Waals surface area contributed by atoms with Crippen LogP contribution in [0.4, 0.5) is 0 Å². The van der Waals surface area contributed by atoms with Crippen LogP contribution in [0.15, 0.2) is 121 Å². The lowest BCUT2D eigenvalue weighted by Crippen LogP contribution is -2.32. The summed E-state index contributed by atoms with van der Waals surface area (Å²) in [6.45, 7) is 0. The van der Waals surface area contributed by atoms with Gasteiger partial charge in [-0.2, -0.15) is 0 Å². The third-order valence-electron chi connectivity index (χ3n) is 5.40. The molecule has 0 saturated heterocycles. The fourth-order valence-electron chi connectivity index (χ4n) is 3.94. The zero-order valence-electron chi connectivity index (χ0n) is 17.1. The molecule has 1 N–H and O–H groups in total. The fraction of sp³-hybridized carbons (Fsp3) is 0.107. The molecule has 0 saturated carbocycles. The first kappa shape index (κ1) is 21.0. The Hall–Kier alpha value is -3.30. The molecule has 0 amide bonds. The predicted molar refractivity (Wildman–Crippen MR) is 128 cm³/mol. The second-order valence-corrected chi connectivity index (χ2v) is 8.83. The molecule has 0 heterocycles. The van der Waals surface area contributed by atoms with Gasteiger partial charge in [-0.3, -0.25) is 4.79 Å². The number of hydrogen-bond donors (Lipinski definition) is 1. The van der Waals surface area contributed by atoms with E-state index in [4.69, 9.17) is 0 Å². The second-order valence-electron chi connectivity index (χ2n) is 7.41. The van der Waals surface area contributed by atoms with E-state index in [1.54, 1.807) is 0 Å². The third-order valence-corrected chi connectivity index (χ3v) is 7.11. The van der Waals surface area contributed by atoms with Crippen LogP contribution < -0.4 is 0 Å². The van der Waals surface area contributed by atoms with Crippen molar-refractivity contribution >= 4 is 17.7 Å². The average Bonchev–Trinajstić information content (AvgIpc) is 2.84. The van der Waals surface area contributed by atoms with Crippen LogP contribution >= 0.6 is 11.8 Å². The van der Waals surface area contributed by atoms with E-state index in [2.05, 4.69) is 36.4 Å². The molecule has 4 aromatic carbocycles. The van der Waals surface area contributed by atoms with Crippen molar-refractivity contribution in [1.29, 1.82) is 0 Å². The number of hydrogen-bond acceptors (Lipinski definition) is 2. The van der Waals surface area contributed by atoms with E-state index >= 15 is 0 Å². The highest BCUT2D eigenvalue weighted by Crippen LogP contribution is 2.50. The van der Waals surface area contributed by atoms with Gasteiger partial charge in [0.15, 0.2) is 0 Å². The summed E-state index contributed by atoms with van der Waals surface area (Å²) in [5.41, 5.74) is 4.22. The molecule has 0 aromatic heterocycles. The van der Waals surface area contributed by atoms with Crippen LogP contribution in [0.2, 0.25) is 0 Å². The Bertz CT molecular complexity index is 1000. The molecule has 4 rings (SSSR count). The van der Waals surface area contributed by atoms with Crippen LogP contribution in [0.3, 0.4) is 0 Å². The summed E-state index contributed by atoms with van der Waals surface area (Å²) in [7, 11) is 0. The maximum Gasteiger partial charge on any atom is 0.317 e. The van der Waals surface area contributed by atoms with Crippen LogP contribution in [0.1, 0.15) is 22.3 Å². The van der Waals surface area contributed by atoms with E-state index in [0.717, 1.165) is 22.3 Å². The maximum atomic E-state index is 12.5. The minimum Gasteiger partial charge on any atom is -0.480 e. The molecule has 0 aliphatic heterocycles. The SMILES string of the molecule is O=C(O)[C@H](Cc1ccccc1)SC(c1ccccc1)(c1ccccc1)c1ccccc1. The zero-order chi connectivity index (χ0) is 21.5. The molecular weight excluding hydrogens is 400 g/mol. The Labute approximate surface area is 187 Å². The highest BCUT2D eigenvalue weighted by molar-refractivity contribution is 8.01. The number of aliphatic carboxylic acids is 1. The molecule has 154 valence electrons. The van der Waals surface area contributed by atoms with Crippen molar-refractivity contribution in [3.05, 3.63) is 144 Å². The van der Waals surface area contributed by atoms with Crippen molar-refractivity contribution in [2.75, 3.05) is 0 Å². The van der Waals surface area contributed by atoms with E-state index in [1.807, 2.05) is 84.9 Å². The molecule has 0 spiro atoms. The van der Waals surface area contributed by atoms with Crippen molar-refractivity contribution in [2.24, 2.45) is 0 Å². The van der Waals surface area contributed by atoms with Crippen LogP contribution in [-0.2, 0) is 16.0 Å². The van der Waals surface area contributed by atoms with Crippen LogP contribution in [0, 0.1) is 0 Å². The Morgan fingerprint density at radius 3 is 1.35 bits per heavy atom. The minimum atomic E-state index is -0.805. The van der Waals surface area contributed by atoms with Gasteiger partial charge in [0.2, 0.25) is 0 Å². The Morgan fingerprint density at radius 2 is 1.00 bits per heavy atom. The predicted octanol–water partition coefficient (Wildman–Crippen LogP) is 6.41. The third kappa shape index (κ3) is 4.57. The largest absolute Gasteiger partial charge is 0.480 e. The lowest BCUT2D eigenvalue weighted by atomic mass is 9.84. The number of rotatable bonds is 8. The van der Waals surface area contributed by atoms with Gasteiger partial charge >= 0.3 is 5.97 Å². The molecule has 0 unspecified atom stereocenters. The van der Waals surface area contributed by atoms with Gasteiger partial charge in [-0.15, -0.1) is 11.8 Å². The first-order valence-corrected chi connectivity index (χ1v) is 11.2. The smallest absolute Gasteiger partial charge is 0.317 e. The van der Waals surface area contributed by atoms with Gasteiger partial charge in [-0.25, -0.2) is 0 Å². The molecule has 2 nitrogen and oxygen atoms in total. The van der Waals surface area contributed by atoms with Gasteiger partial charge in [-0.05, 0) is 28.7 Å². The number of carboxylic acid groups (broad SMARTS) is 1. The summed E-state index contributed by atoms with van der Waals surface area (Å²) in [5, 5.41) is 9.60. The summed E-state index contributed by atoms with van der Waals surface area (Å²) < 4.78 is -0.651. The Morgan fingerprint density at radius 1 is 0.645 bits per heavy atom. The standard InChI is InChI=1S/C28H24O2S/c29-27(30)26(21-22-13-5-1-6-14-22)31-28(23-15-7-2-8-16-23,24-17-9-3-10-18-24)25-19-11-4-12-20-25/h1-20,26H,21H2,(H,29,30)/t26-/m0/s1. The molecule has 3 heteroatoms. The topological polar surface area (TPSA) is 37.3 Å². The van der Waals surface area contributed by atoms with Crippen LogP contribution in [0.5, 0.6) is 0 Å². The molecule has 31 heavy (non-hydrogen) atoms. The molecular formula is C28H24O2S. The number of carboxylic acids is 1. The molecule has 1 atom stereocenters. The highest BCUT2D eigenvalue weighted by Gasteiger charge is 2.41. The van der Waals surface area contributed by atoms with Gasteiger partial charge in [0.05, 0.1) is 4.75 Å². The zero-order valence-corrected chi connectivity index (χ0v) is 17.9. The van der Waals surface area contributed by atoms with Gasteiger partial charge in [0.25, 0.3) is 0 Å². The maximum absolute atomic E-state index is 12.5. The van der Waals surface area contributed by atoms with Crippen molar-refractivity contribution in [3.63, 3.8) is 0 Å². The first-order chi connectivity index (χ1) is 15.2.